The Morgan fingerprint density at radius 1 is 1.14 bits per heavy atom. The number of hydrogen-bond acceptors (Lipinski definition) is 6. The number of nitrogens with zero attached hydrogens (tertiary/aromatic N) is 1. The molecule has 1 aliphatic rings. The van der Waals surface area contributed by atoms with Gasteiger partial charge < -0.3 is 25.8 Å². The summed E-state index contributed by atoms with van der Waals surface area (Å²) in [6.45, 7) is 5.66. The summed E-state index contributed by atoms with van der Waals surface area (Å²) >= 11 is 0. The van der Waals surface area contributed by atoms with E-state index in [-0.39, 0.29) is 38.0 Å². The molecule has 1 aliphatic heterocycles. The van der Waals surface area contributed by atoms with E-state index in [1.54, 1.807) is 51.1 Å². The van der Waals surface area contributed by atoms with Gasteiger partial charge in [0.1, 0.15) is 29.1 Å². The minimum Gasteiger partial charge on any atom is -0.444 e. The topological polar surface area (TPSA) is 144 Å². The number of alkyl carbamates (subject to hydrolysis) is 1. The molecule has 3 rings (SSSR count). The van der Waals surface area contributed by atoms with Gasteiger partial charge in [0.25, 0.3) is 0 Å². The van der Waals surface area contributed by atoms with Crippen molar-refractivity contribution in [1.29, 1.82) is 5.26 Å². The second-order valence-electron chi connectivity index (χ2n) is 9.96. The number of nitrogens with one attached hydrogen (secondary N) is 2. The maximum Gasteiger partial charge on any atom is 0.408 e. The van der Waals surface area contributed by atoms with Crippen LogP contribution in [0.1, 0.15) is 44.7 Å². The Morgan fingerprint density at radius 2 is 1.76 bits per heavy atom. The summed E-state index contributed by atoms with van der Waals surface area (Å²) in [7, 11) is 0. The van der Waals surface area contributed by atoms with Gasteiger partial charge in [-0.3, -0.25) is 9.59 Å². The maximum atomic E-state index is 13.6. The van der Waals surface area contributed by atoms with Crippen LogP contribution in [0.3, 0.4) is 0 Å². The van der Waals surface area contributed by atoms with Crippen LogP contribution in [0.2, 0.25) is 0 Å². The Hall–Kier alpha value is -3.97. The van der Waals surface area contributed by atoms with Gasteiger partial charge in [0.2, 0.25) is 11.8 Å². The van der Waals surface area contributed by atoms with E-state index in [9.17, 15) is 18.8 Å². The fraction of sp³-hybridized carbons (Fsp3) is 0.407. The number of nitrogens with two attached hydrogens (primary N) is 1. The highest BCUT2D eigenvalue weighted by Gasteiger charge is 2.43. The Balaban J connectivity index is 1.74. The second-order valence-corrected chi connectivity index (χ2v) is 9.96. The third-order valence-corrected chi connectivity index (χ3v) is 5.98. The second kappa shape index (κ2) is 11.4. The summed E-state index contributed by atoms with van der Waals surface area (Å²) in [5.74, 6) is -1.86. The first kappa shape index (κ1) is 27.6. The molecule has 1 atom stereocenters. The maximum absolute atomic E-state index is 13.6. The molecule has 4 N–H and O–H groups in total. The largest absolute Gasteiger partial charge is 0.444 e. The summed E-state index contributed by atoms with van der Waals surface area (Å²) in [6.07, 6.45) is -0.204. The van der Waals surface area contributed by atoms with Crippen LogP contribution in [0, 0.1) is 17.1 Å². The Morgan fingerprint density at radius 3 is 2.32 bits per heavy atom. The van der Waals surface area contributed by atoms with E-state index in [0.717, 1.165) is 11.1 Å². The number of nitriles is 1. The molecule has 9 nitrogen and oxygen atoms in total. The van der Waals surface area contributed by atoms with Gasteiger partial charge in [-0.2, -0.15) is 5.26 Å². The number of ether oxygens (including phenoxy) is 2. The molecule has 0 saturated carbocycles. The predicted octanol–water partition coefficient (Wildman–Crippen LogP) is 2.95. The predicted molar refractivity (Wildman–Crippen MR) is 134 cm³/mol. The lowest BCUT2D eigenvalue weighted by Crippen LogP contribution is -2.64. The highest BCUT2D eigenvalue weighted by Crippen LogP contribution is 2.24. The quantitative estimate of drug-likeness (QED) is 0.523. The molecule has 0 radical (unpaired) electrons. The molecule has 2 aromatic rings. The molecule has 10 heteroatoms. The lowest BCUT2D eigenvalue weighted by molar-refractivity contribution is -0.135. The average molecular weight is 511 g/mol. The van der Waals surface area contributed by atoms with Gasteiger partial charge in [-0.15, -0.1) is 0 Å². The molecule has 1 fully saturated rings. The molecule has 0 aliphatic carbocycles. The zero-order valence-electron chi connectivity index (χ0n) is 21.1. The summed E-state index contributed by atoms with van der Waals surface area (Å²) < 4.78 is 24.3. The van der Waals surface area contributed by atoms with Gasteiger partial charge in [0, 0.05) is 32.5 Å². The standard InChI is InChI=1S/C27H31FN4O5/c1-26(2,3)37-25(35)32-27(10-12-36-13-11-27)24(34)31-22(23(30)33)14-17-4-6-18(7-5-17)19-8-9-21(28)20(15-19)16-29/h4-9,15,22H,10-14H2,1-3H3,(H2,30,33)(H,31,34)(H,32,35). The van der Waals surface area contributed by atoms with Crippen LogP contribution in [0.25, 0.3) is 11.1 Å². The molecule has 3 amide bonds. The van der Waals surface area contributed by atoms with E-state index >= 15 is 0 Å². The number of amides is 3. The lowest BCUT2D eigenvalue weighted by Gasteiger charge is -2.37. The number of hydrogen-bond donors (Lipinski definition) is 3. The van der Waals surface area contributed by atoms with Crippen molar-refractivity contribution in [2.45, 2.75) is 57.2 Å². The highest BCUT2D eigenvalue weighted by molar-refractivity contribution is 5.94. The number of benzene rings is 2. The van der Waals surface area contributed by atoms with Crippen molar-refractivity contribution in [3.63, 3.8) is 0 Å². The summed E-state index contributed by atoms with van der Waals surface area (Å²) in [6, 6.07) is 12.1. The fourth-order valence-corrected chi connectivity index (χ4v) is 4.01. The van der Waals surface area contributed by atoms with Crippen molar-refractivity contribution in [2.75, 3.05) is 13.2 Å². The van der Waals surface area contributed by atoms with Gasteiger partial charge in [0.15, 0.2) is 0 Å². The molecule has 37 heavy (non-hydrogen) atoms. The zero-order chi connectivity index (χ0) is 27.2. The Bertz CT molecular complexity index is 1190. The van der Waals surface area contributed by atoms with Crippen molar-refractivity contribution >= 4 is 17.9 Å². The number of halogens is 1. The number of rotatable bonds is 7. The van der Waals surface area contributed by atoms with E-state index in [1.165, 1.54) is 12.1 Å². The van der Waals surface area contributed by atoms with E-state index in [2.05, 4.69) is 10.6 Å². The minimum atomic E-state index is -1.31. The normalized spacial score (nSPS) is 15.6. The first-order chi connectivity index (χ1) is 17.4. The van der Waals surface area contributed by atoms with Crippen LogP contribution >= 0.6 is 0 Å². The van der Waals surface area contributed by atoms with Gasteiger partial charge >= 0.3 is 6.09 Å². The molecule has 1 unspecified atom stereocenters. The van der Waals surface area contributed by atoms with Crippen LogP contribution in [0.15, 0.2) is 42.5 Å². The molecule has 196 valence electrons. The first-order valence-corrected chi connectivity index (χ1v) is 11.9. The summed E-state index contributed by atoms with van der Waals surface area (Å²) in [4.78, 5) is 38.1. The van der Waals surface area contributed by atoms with Crippen molar-refractivity contribution in [2.24, 2.45) is 5.73 Å². The van der Waals surface area contributed by atoms with Crippen LogP contribution in [0.4, 0.5) is 9.18 Å². The van der Waals surface area contributed by atoms with Crippen molar-refractivity contribution in [3.05, 3.63) is 59.4 Å². The number of carbonyl (C=O) groups is 3. The van der Waals surface area contributed by atoms with E-state index < -0.39 is 40.9 Å². The lowest BCUT2D eigenvalue weighted by atomic mass is 9.88. The number of primary amides is 1. The monoisotopic (exact) mass is 510 g/mol. The molecule has 2 aromatic carbocycles. The average Bonchev–Trinajstić information content (AvgIpc) is 2.83. The van der Waals surface area contributed by atoms with E-state index in [0.29, 0.717) is 5.56 Å². The van der Waals surface area contributed by atoms with Crippen LogP contribution < -0.4 is 16.4 Å². The molecular weight excluding hydrogens is 479 g/mol. The molecule has 0 bridgehead atoms. The third kappa shape index (κ3) is 7.27. The molecule has 1 heterocycles. The van der Waals surface area contributed by atoms with Crippen LogP contribution in [-0.2, 0) is 25.5 Å². The van der Waals surface area contributed by atoms with E-state index in [1.807, 2.05) is 6.07 Å². The zero-order valence-corrected chi connectivity index (χ0v) is 21.1. The van der Waals surface area contributed by atoms with Crippen LogP contribution in [-0.4, -0.2) is 48.3 Å². The summed E-state index contributed by atoms with van der Waals surface area (Å²) in [5.41, 5.74) is 5.62. The van der Waals surface area contributed by atoms with Gasteiger partial charge in [0.05, 0.1) is 5.56 Å². The third-order valence-electron chi connectivity index (χ3n) is 5.98. The Kier molecular flexibility index (Phi) is 8.50. The molecule has 0 spiro atoms. The molecule has 0 aromatic heterocycles. The minimum absolute atomic E-state index is 0.0554. The highest BCUT2D eigenvalue weighted by atomic mass is 19.1. The van der Waals surface area contributed by atoms with Gasteiger partial charge in [-0.05, 0) is 49.6 Å². The molecule has 1 saturated heterocycles. The van der Waals surface area contributed by atoms with Gasteiger partial charge in [-0.1, -0.05) is 30.3 Å². The van der Waals surface area contributed by atoms with E-state index in [4.69, 9.17) is 20.5 Å². The van der Waals surface area contributed by atoms with Crippen molar-refractivity contribution in [1.82, 2.24) is 10.6 Å². The first-order valence-electron chi connectivity index (χ1n) is 11.9. The fourth-order valence-electron chi connectivity index (χ4n) is 4.01. The smallest absolute Gasteiger partial charge is 0.408 e. The summed E-state index contributed by atoms with van der Waals surface area (Å²) in [5, 5.41) is 14.4. The van der Waals surface area contributed by atoms with Gasteiger partial charge in [-0.25, -0.2) is 9.18 Å². The number of carbonyl (C=O) groups excluding carboxylic acids is 3. The van der Waals surface area contributed by atoms with Crippen molar-refractivity contribution < 1.29 is 28.2 Å². The van der Waals surface area contributed by atoms with Crippen LogP contribution in [0.5, 0.6) is 0 Å². The van der Waals surface area contributed by atoms with Crippen molar-refractivity contribution in [3.8, 4) is 17.2 Å². The Labute approximate surface area is 215 Å². The SMILES string of the molecule is CC(C)(C)OC(=O)NC1(C(=O)NC(Cc2ccc(-c3ccc(F)c(C#N)c3)cc2)C(N)=O)CCOCC1. The molecular formula is C27H31FN4O5.